The van der Waals surface area contributed by atoms with Crippen molar-refractivity contribution < 1.29 is 14.3 Å². The minimum absolute atomic E-state index is 0.112. The Kier molecular flexibility index (Phi) is 6.30. The number of hydrogen-bond acceptors (Lipinski definition) is 4. The number of methoxy groups -OCH3 is 1. The fourth-order valence-electron chi connectivity index (χ4n) is 4.16. The largest absolute Gasteiger partial charge is 0.497 e. The van der Waals surface area contributed by atoms with E-state index in [9.17, 15) is 4.79 Å². The molecule has 152 valence electrons. The summed E-state index contributed by atoms with van der Waals surface area (Å²) in [7, 11) is 1.65. The molecule has 1 fully saturated rings. The van der Waals surface area contributed by atoms with E-state index in [0.717, 1.165) is 53.3 Å². The second-order valence-electron chi connectivity index (χ2n) is 7.87. The molecule has 0 N–H and O–H groups in total. The standard InChI is InChI=1S/C25H29NO3/c1-28-23-10-11-24-20(18-23)17-21(25(24)27)16-19-6-8-22(9-7-19)29-15-5-14-26-12-3-2-4-13-26/h6-11,16,18H,2-5,12-15,17H2,1H3/b21-16+. The SMILES string of the molecule is COc1ccc2c(c1)C/C(=C\c1ccc(OCCCN3CCCCC3)cc1)C2=O. The summed E-state index contributed by atoms with van der Waals surface area (Å²) < 4.78 is 11.2. The molecular weight excluding hydrogens is 362 g/mol. The van der Waals surface area contributed by atoms with Crippen molar-refractivity contribution in [2.75, 3.05) is 33.4 Å². The Morgan fingerprint density at radius 3 is 2.52 bits per heavy atom. The summed E-state index contributed by atoms with van der Waals surface area (Å²) in [5.74, 6) is 1.79. The molecule has 1 aliphatic heterocycles. The van der Waals surface area contributed by atoms with Crippen LogP contribution in [0.2, 0.25) is 0 Å². The lowest BCUT2D eigenvalue weighted by molar-refractivity contribution is 0.104. The van der Waals surface area contributed by atoms with Crippen LogP contribution in [-0.4, -0.2) is 44.0 Å². The van der Waals surface area contributed by atoms with Crippen LogP contribution >= 0.6 is 0 Å². The maximum Gasteiger partial charge on any atom is 0.189 e. The lowest BCUT2D eigenvalue weighted by Crippen LogP contribution is -2.31. The Balaban J connectivity index is 1.30. The third kappa shape index (κ3) is 4.88. The molecule has 1 saturated heterocycles. The number of likely N-dealkylation sites (tertiary alicyclic amines) is 1. The summed E-state index contributed by atoms with van der Waals surface area (Å²) in [4.78, 5) is 15.2. The fourth-order valence-corrected chi connectivity index (χ4v) is 4.16. The molecule has 0 atom stereocenters. The molecular formula is C25H29NO3. The van der Waals surface area contributed by atoms with Gasteiger partial charge in [-0.1, -0.05) is 18.6 Å². The number of Topliss-reactive ketones (excluding diaryl/α,β-unsaturated/α-hetero) is 1. The molecule has 29 heavy (non-hydrogen) atoms. The van der Waals surface area contributed by atoms with Crippen LogP contribution in [0.3, 0.4) is 0 Å². The van der Waals surface area contributed by atoms with Crippen molar-refractivity contribution in [3.63, 3.8) is 0 Å². The molecule has 0 radical (unpaired) electrons. The zero-order valence-corrected chi connectivity index (χ0v) is 17.2. The zero-order chi connectivity index (χ0) is 20.1. The van der Waals surface area contributed by atoms with E-state index in [0.29, 0.717) is 6.42 Å². The molecule has 0 unspecified atom stereocenters. The van der Waals surface area contributed by atoms with E-state index in [1.54, 1.807) is 7.11 Å². The van der Waals surface area contributed by atoms with Gasteiger partial charge < -0.3 is 14.4 Å². The summed E-state index contributed by atoms with van der Waals surface area (Å²) in [6, 6.07) is 13.7. The highest BCUT2D eigenvalue weighted by Gasteiger charge is 2.25. The van der Waals surface area contributed by atoms with E-state index < -0.39 is 0 Å². The lowest BCUT2D eigenvalue weighted by Gasteiger charge is -2.26. The van der Waals surface area contributed by atoms with E-state index in [2.05, 4.69) is 4.90 Å². The van der Waals surface area contributed by atoms with Crippen LogP contribution in [0, 0.1) is 0 Å². The van der Waals surface area contributed by atoms with Crippen molar-refractivity contribution in [1.82, 2.24) is 4.90 Å². The monoisotopic (exact) mass is 391 g/mol. The lowest BCUT2D eigenvalue weighted by atomic mass is 10.1. The van der Waals surface area contributed by atoms with Gasteiger partial charge in [0.1, 0.15) is 11.5 Å². The van der Waals surface area contributed by atoms with E-state index in [-0.39, 0.29) is 5.78 Å². The Morgan fingerprint density at radius 1 is 1.00 bits per heavy atom. The third-order valence-electron chi connectivity index (χ3n) is 5.79. The molecule has 0 amide bonds. The predicted octanol–water partition coefficient (Wildman–Crippen LogP) is 4.77. The number of ketones is 1. The van der Waals surface area contributed by atoms with Crippen molar-refractivity contribution in [3.05, 3.63) is 64.7 Å². The average molecular weight is 392 g/mol. The van der Waals surface area contributed by atoms with Crippen LogP contribution in [0.5, 0.6) is 11.5 Å². The van der Waals surface area contributed by atoms with Gasteiger partial charge in [-0.2, -0.15) is 0 Å². The zero-order valence-electron chi connectivity index (χ0n) is 17.2. The number of ether oxygens (including phenoxy) is 2. The Hall–Kier alpha value is -2.59. The smallest absolute Gasteiger partial charge is 0.189 e. The number of benzene rings is 2. The number of hydrogen-bond donors (Lipinski definition) is 0. The third-order valence-corrected chi connectivity index (χ3v) is 5.79. The molecule has 0 saturated carbocycles. The summed E-state index contributed by atoms with van der Waals surface area (Å²) in [6.07, 6.45) is 7.73. The normalized spacial score (nSPS) is 18.1. The van der Waals surface area contributed by atoms with Gasteiger partial charge in [0.15, 0.2) is 5.78 Å². The number of carbonyl (C=O) groups excluding carboxylic acids is 1. The molecule has 1 heterocycles. The van der Waals surface area contributed by atoms with Crippen LogP contribution < -0.4 is 9.47 Å². The fraction of sp³-hybridized carbons (Fsp3) is 0.400. The van der Waals surface area contributed by atoms with E-state index in [1.165, 1.54) is 32.4 Å². The van der Waals surface area contributed by atoms with Gasteiger partial charge in [0, 0.05) is 24.1 Å². The van der Waals surface area contributed by atoms with Crippen molar-refractivity contribution in [3.8, 4) is 11.5 Å². The molecule has 1 aliphatic carbocycles. The first kappa shape index (κ1) is 19.7. The van der Waals surface area contributed by atoms with Crippen LogP contribution in [0.1, 0.15) is 47.2 Å². The van der Waals surface area contributed by atoms with Crippen molar-refractivity contribution in [1.29, 1.82) is 0 Å². The van der Waals surface area contributed by atoms with Gasteiger partial charge in [-0.25, -0.2) is 0 Å². The second-order valence-corrected chi connectivity index (χ2v) is 7.87. The maximum atomic E-state index is 12.6. The van der Waals surface area contributed by atoms with Gasteiger partial charge in [0.2, 0.25) is 0 Å². The number of rotatable bonds is 7. The van der Waals surface area contributed by atoms with Gasteiger partial charge in [-0.3, -0.25) is 4.79 Å². The van der Waals surface area contributed by atoms with Crippen LogP contribution in [-0.2, 0) is 6.42 Å². The first-order valence-corrected chi connectivity index (χ1v) is 10.6. The summed E-state index contributed by atoms with van der Waals surface area (Å²) in [6.45, 7) is 4.33. The topological polar surface area (TPSA) is 38.8 Å². The number of carbonyl (C=O) groups is 1. The van der Waals surface area contributed by atoms with Crippen LogP contribution in [0.15, 0.2) is 48.0 Å². The molecule has 0 aromatic heterocycles. The molecule has 4 nitrogen and oxygen atoms in total. The van der Waals surface area contributed by atoms with Gasteiger partial charge in [-0.15, -0.1) is 0 Å². The van der Waals surface area contributed by atoms with Crippen LogP contribution in [0.25, 0.3) is 6.08 Å². The summed E-state index contributed by atoms with van der Waals surface area (Å²) >= 11 is 0. The number of piperidine rings is 1. The Morgan fingerprint density at radius 2 is 1.76 bits per heavy atom. The second kappa shape index (κ2) is 9.27. The van der Waals surface area contributed by atoms with E-state index in [1.807, 2.05) is 48.5 Å². The molecule has 0 spiro atoms. The highest BCUT2D eigenvalue weighted by Crippen LogP contribution is 2.30. The van der Waals surface area contributed by atoms with Gasteiger partial charge in [0.05, 0.1) is 13.7 Å². The first-order chi connectivity index (χ1) is 14.2. The predicted molar refractivity (Wildman–Crippen MR) is 116 cm³/mol. The van der Waals surface area contributed by atoms with Gasteiger partial charge in [0.25, 0.3) is 0 Å². The van der Waals surface area contributed by atoms with Crippen LogP contribution in [0.4, 0.5) is 0 Å². The van der Waals surface area contributed by atoms with E-state index >= 15 is 0 Å². The molecule has 2 aromatic rings. The highest BCUT2D eigenvalue weighted by molar-refractivity contribution is 6.15. The first-order valence-electron chi connectivity index (χ1n) is 10.6. The molecule has 2 aliphatic rings. The average Bonchev–Trinajstić information content (AvgIpc) is 3.07. The van der Waals surface area contributed by atoms with Crippen molar-refractivity contribution >= 4 is 11.9 Å². The maximum absolute atomic E-state index is 12.6. The summed E-state index contributed by atoms with van der Waals surface area (Å²) in [5.41, 5.74) is 3.66. The minimum Gasteiger partial charge on any atom is -0.497 e. The molecule has 4 rings (SSSR count). The number of allylic oxidation sites excluding steroid dienone is 1. The van der Waals surface area contributed by atoms with Crippen molar-refractivity contribution in [2.45, 2.75) is 32.1 Å². The molecule has 0 bridgehead atoms. The summed E-state index contributed by atoms with van der Waals surface area (Å²) in [5, 5.41) is 0. The molecule has 4 heteroatoms. The van der Waals surface area contributed by atoms with E-state index in [4.69, 9.17) is 9.47 Å². The number of fused-ring (bicyclic) bond motifs is 1. The Labute approximate surface area is 173 Å². The minimum atomic E-state index is 0.112. The van der Waals surface area contributed by atoms with Crippen molar-refractivity contribution in [2.24, 2.45) is 0 Å². The highest BCUT2D eigenvalue weighted by atomic mass is 16.5. The van der Waals surface area contributed by atoms with Gasteiger partial charge in [-0.05, 0) is 79.9 Å². The Bertz CT molecular complexity index is 879. The quantitative estimate of drug-likeness (QED) is 0.503. The molecule has 2 aromatic carbocycles. The number of nitrogens with zero attached hydrogens (tertiary/aromatic N) is 1. The van der Waals surface area contributed by atoms with Gasteiger partial charge >= 0.3 is 0 Å².